The minimum Gasteiger partial charge on any atom is -0.465 e. The van der Waals surface area contributed by atoms with E-state index in [1.165, 1.54) is 60.9 Å². The number of likely N-dealkylation sites (N-methyl/N-ethyl adjacent to an activating group) is 4. The number of furan rings is 1. The summed E-state index contributed by atoms with van der Waals surface area (Å²) < 4.78 is 30.5. The van der Waals surface area contributed by atoms with E-state index in [0.29, 0.717) is 5.76 Å². The van der Waals surface area contributed by atoms with E-state index in [-0.39, 0.29) is 83.7 Å². The van der Waals surface area contributed by atoms with Gasteiger partial charge in [-0.3, -0.25) is 68.1 Å². The largest absolute Gasteiger partial charge is 0.465 e. The van der Waals surface area contributed by atoms with E-state index < -0.39 is 59.2 Å². The lowest BCUT2D eigenvalue weighted by atomic mass is 10.0. The Kier molecular flexibility index (Phi) is 23.1. The zero-order valence-electron chi connectivity index (χ0n) is 44.3. The number of thiocarbonyl (C=S) groups is 1. The van der Waals surface area contributed by atoms with Crippen molar-refractivity contribution in [1.82, 2.24) is 30.2 Å². The molecule has 0 unspecified atom stereocenters. The number of imide groups is 5. The van der Waals surface area contributed by atoms with Crippen molar-refractivity contribution in [2.24, 2.45) is 0 Å². The van der Waals surface area contributed by atoms with Gasteiger partial charge < -0.3 is 9.73 Å². The highest BCUT2D eigenvalue weighted by Crippen LogP contribution is 2.20. The van der Waals surface area contributed by atoms with E-state index in [2.05, 4.69) is 10.6 Å². The Morgan fingerprint density at radius 1 is 0.457 bits per heavy atom. The van der Waals surface area contributed by atoms with Gasteiger partial charge in [-0.1, -0.05) is 109 Å². The van der Waals surface area contributed by atoms with Gasteiger partial charge in [0.1, 0.15) is 28.5 Å². The topological polar surface area (TPSA) is 238 Å². The van der Waals surface area contributed by atoms with Crippen LogP contribution in [0.4, 0.5) is 18.4 Å². The third-order valence-electron chi connectivity index (χ3n) is 11.6. The molecule has 81 heavy (non-hydrogen) atoms. The number of amides is 11. The van der Waals surface area contributed by atoms with Crippen LogP contribution >= 0.6 is 12.2 Å². The number of nitrogens with zero attached hydrogens (tertiary/aromatic N) is 4. The van der Waals surface area contributed by atoms with E-state index in [1.807, 2.05) is 30.3 Å². The van der Waals surface area contributed by atoms with Crippen LogP contribution in [0.25, 0.3) is 24.3 Å². The number of Topliss-reactive ketones (excluding diaryl/α,β-unsaturated/α-hetero) is 2. The number of nitrogens with one attached hydrogen (secondary N) is 2. The van der Waals surface area contributed by atoms with Crippen molar-refractivity contribution in [3.8, 4) is 0 Å². The highest BCUT2D eigenvalue weighted by molar-refractivity contribution is 7.80. The summed E-state index contributed by atoms with van der Waals surface area (Å²) in [5.74, 6) is -4.82. The van der Waals surface area contributed by atoms with Crippen LogP contribution in [0.3, 0.4) is 0 Å². The summed E-state index contributed by atoms with van der Waals surface area (Å²) in [6.07, 6.45) is 20.0. The zero-order valence-corrected chi connectivity index (χ0v) is 45.1. The summed E-state index contributed by atoms with van der Waals surface area (Å²) in [7, 11) is 0. The first-order chi connectivity index (χ1) is 38.8. The molecule has 416 valence electrons. The number of carbonyl (C=O) groups is 11. The molecule has 4 fully saturated rings. The number of ketones is 2. The van der Waals surface area contributed by atoms with Crippen molar-refractivity contribution in [2.45, 2.75) is 40.5 Å². The number of benzene rings is 3. The van der Waals surface area contributed by atoms with E-state index in [0.717, 1.165) is 36.3 Å². The highest BCUT2D eigenvalue weighted by atomic mass is 32.1. The van der Waals surface area contributed by atoms with Gasteiger partial charge in [-0.25, -0.2) is 18.4 Å². The first kappa shape index (κ1) is 61.8. The van der Waals surface area contributed by atoms with Crippen LogP contribution in [0.2, 0.25) is 0 Å². The van der Waals surface area contributed by atoms with Crippen LogP contribution in [0.15, 0.2) is 173 Å². The fourth-order valence-electron chi connectivity index (χ4n) is 7.46. The van der Waals surface area contributed by atoms with Crippen molar-refractivity contribution >= 4 is 106 Å². The van der Waals surface area contributed by atoms with E-state index in [1.54, 1.807) is 107 Å². The van der Waals surface area contributed by atoms with Gasteiger partial charge in [0.2, 0.25) is 5.91 Å². The van der Waals surface area contributed by atoms with Gasteiger partial charge in [0.05, 0.1) is 35.2 Å². The van der Waals surface area contributed by atoms with Crippen LogP contribution in [-0.2, 0) is 43.2 Å². The smallest absolute Gasteiger partial charge is 0.333 e. The molecule has 4 aliphatic rings. The molecule has 4 aliphatic heterocycles. The second-order valence-electron chi connectivity index (χ2n) is 17.0. The van der Waals surface area contributed by atoms with Crippen molar-refractivity contribution in [3.63, 3.8) is 0 Å². The number of carbonyl (C=O) groups excluding carboxylic acids is 11. The maximum absolute atomic E-state index is 12.7. The molecule has 0 atom stereocenters. The number of piperidine rings is 2. The first-order valence-corrected chi connectivity index (χ1v) is 25.5. The Bertz CT molecular complexity index is 3150. The number of barbiturate groups is 2. The van der Waals surface area contributed by atoms with Gasteiger partial charge in [0, 0.05) is 26.2 Å². The third kappa shape index (κ3) is 17.2. The average Bonchev–Trinajstić information content (AvgIpc) is 3.99. The molecule has 0 radical (unpaired) electrons. The van der Waals surface area contributed by atoms with Gasteiger partial charge in [-0.2, -0.15) is 0 Å². The molecule has 21 heteroatoms. The number of hydrogen-bond donors (Lipinski definition) is 2. The molecule has 0 spiro atoms. The van der Waals surface area contributed by atoms with Gasteiger partial charge in [-0.15, -0.1) is 0 Å². The van der Waals surface area contributed by atoms with Gasteiger partial charge in [0.15, 0.2) is 11.6 Å². The SMILES string of the molecule is CCN1C(=O)C(=C/C=C/c2ccccc2)C(=O)N(CC)C1=O.CCN1C(=O)C(=C/C=C/c2ccco2)C(=O)N(CC)C1=O.O=C1CC(=O)/C(=C\C=C\c2ccc(F)cc2)C(=O)N1.O=C1CC(=S)NC(=O)/C1=C/C=C/c1ccc(F)cc1. The van der Waals surface area contributed by atoms with Crippen LogP contribution in [0.5, 0.6) is 0 Å². The molecule has 0 bridgehead atoms. The average molecular weight is 1120 g/mol. The molecule has 2 N–H and O–H groups in total. The molecule has 1 aromatic heterocycles. The number of halogens is 2. The molecule has 5 heterocycles. The highest BCUT2D eigenvalue weighted by Gasteiger charge is 2.41. The first-order valence-electron chi connectivity index (χ1n) is 25.0. The molecule has 0 saturated carbocycles. The zero-order chi connectivity index (χ0) is 59.2. The Balaban J connectivity index is 0.000000199. The molecule has 4 aromatic rings. The maximum Gasteiger partial charge on any atom is 0.333 e. The fraction of sp³-hybridized carbons (Fsp3) is 0.167. The summed E-state index contributed by atoms with van der Waals surface area (Å²) >= 11 is 4.78. The summed E-state index contributed by atoms with van der Waals surface area (Å²) in [4.78, 5) is 134. The Morgan fingerprint density at radius 2 is 0.827 bits per heavy atom. The standard InChI is InChI=1S/C17H18N2O3.C15H16N2O4.C14H10FNO3.C14H10FNO2S/c1-3-18-15(20)14(16(21)19(4-2)17(18)22)12-8-11-13-9-6-5-7-10-13;1-3-16-13(18)12(14(19)17(4-2)15(16)20)9-5-7-11-8-6-10-21-11;15-10-6-4-9(5-7-10)2-1-3-11-12(17)8-13(18)16-14(11)19;15-10-6-4-9(5-7-10)2-1-3-11-12(17)8-13(19)16-14(11)18/h5-12H,3-4H2,1-2H3;5-10H,3-4H2,1-2H3;2*1-7H,8H2,(H,16,18,19)/b11-8+;7-5+;2*2-1+,11-3+. The summed E-state index contributed by atoms with van der Waals surface area (Å²) in [5, 5.41) is 4.50. The minimum atomic E-state index is -0.690. The number of hydrogen-bond acceptors (Lipinski definition) is 13. The lowest BCUT2D eigenvalue weighted by Crippen LogP contribution is -2.56. The number of rotatable bonds is 12. The molecule has 18 nitrogen and oxygen atoms in total. The minimum absolute atomic E-state index is 0.00970. The second kappa shape index (κ2) is 30.2. The maximum atomic E-state index is 12.7. The third-order valence-corrected chi connectivity index (χ3v) is 11.8. The number of allylic oxidation sites excluding steroid dienone is 8. The van der Waals surface area contributed by atoms with Crippen LogP contribution in [0.1, 0.15) is 63.0 Å². The molecule has 11 amide bonds. The quantitative estimate of drug-likeness (QED) is 0.0449. The monoisotopic (exact) mass is 1120 g/mol. The van der Waals surface area contributed by atoms with Gasteiger partial charge >= 0.3 is 12.1 Å². The molecule has 0 aliphatic carbocycles. The van der Waals surface area contributed by atoms with E-state index >= 15 is 0 Å². The van der Waals surface area contributed by atoms with Crippen molar-refractivity contribution < 1.29 is 65.9 Å². The molecule has 8 rings (SSSR count). The molecule has 3 aromatic carbocycles. The predicted octanol–water partition coefficient (Wildman–Crippen LogP) is 8.07. The Morgan fingerprint density at radius 3 is 1.20 bits per heavy atom. The van der Waals surface area contributed by atoms with Crippen LogP contribution in [-0.4, -0.2) is 116 Å². The van der Waals surface area contributed by atoms with Crippen molar-refractivity contribution in [1.29, 1.82) is 0 Å². The van der Waals surface area contributed by atoms with E-state index in [4.69, 9.17) is 16.6 Å². The molecular weight excluding hydrogens is 1070 g/mol. The van der Waals surface area contributed by atoms with Crippen LogP contribution in [0, 0.1) is 11.6 Å². The van der Waals surface area contributed by atoms with Crippen molar-refractivity contribution in [2.75, 3.05) is 26.2 Å². The van der Waals surface area contributed by atoms with Gasteiger partial charge in [0.25, 0.3) is 35.4 Å². The summed E-state index contributed by atoms with van der Waals surface area (Å²) in [6.45, 7) is 7.71. The molecule has 4 saturated heterocycles. The lowest BCUT2D eigenvalue weighted by molar-refractivity contribution is -0.137. The summed E-state index contributed by atoms with van der Waals surface area (Å²) in [5.41, 5.74) is 2.47. The second-order valence-corrected chi connectivity index (χ2v) is 17.5. The van der Waals surface area contributed by atoms with Gasteiger partial charge in [-0.05, 0) is 111 Å². The lowest BCUT2D eigenvalue weighted by Gasteiger charge is -2.32. The van der Waals surface area contributed by atoms with Crippen molar-refractivity contribution in [3.05, 3.63) is 202 Å². The molecular formula is C60H54F2N6O12S. The normalized spacial score (nSPS) is 17.1. The number of urea groups is 2. The Hall–Kier alpha value is -10.0. The summed E-state index contributed by atoms with van der Waals surface area (Å²) in [6, 6.07) is 23.5. The predicted molar refractivity (Wildman–Crippen MR) is 300 cm³/mol. The Labute approximate surface area is 469 Å². The fourth-order valence-corrected chi connectivity index (χ4v) is 7.68. The van der Waals surface area contributed by atoms with Crippen LogP contribution < -0.4 is 10.6 Å². The van der Waals surface area contributed by atoms with E-state index in [9.17, 15) is 61.5 Å².